The average molecular weight is 740 g/mol. The Morgan fingerprint density at radius 1 is 0.627 bits per heavy atom. The van der Waals surface area contributed by atoms with Crippen molar-refractivity contribution in [1.29, 1.82) is 0 Å². The van der Waals surface area contributed by atoms with Crippen LogP contribution in [0.25, 0.3) is 0 Å². The van der Waals surface area contributed by atoms with Crippen molar-refractivity contribution in [1.82, 2.24) is 0 Å². The fourth-order valence-corrected chi connectivity index (χ4v) is 5.80. The monoisotopic (exact) mass is 740 g/mol. The molecule has 0 aromatic heterocycles. The van der Waals surface area contributed by atoms with Gasteiger partial charge in [-0.05, 0) is 32.1 Å². The number of quaternary nitrogens is 1. The fraction of sp³-hybridized carbons (Fsp3) is 0.756. The second-order valence-corrected chi connectivity index (χ2v) is 15.8. The molecule has 0 spiro atoms. The number of esters is 2. The van der Waals surface area contributed by atoms with Crippen LogP contribution >= 0.6 is 7.82 Å². The molecule has 0 aromatic carbocycles. The third-order valence-electron chi connectivity index (χ3n) is 8.21. The molecular formula is C41H74NO8P. The number of likely N-dealkylation sites (N-methyl/N-ethyl adjacent to an activating group) is 1. The van der Waals surface area contributed by atoms with E-state index in [0.717, 1.165) is 57.8 Å². The summed E-state index contributed by atoms with van der Waals surface area (Å²) in [6.07, 6.45) is 37.0. The number of nitrogens with zero attached hydrogens (tertiary/aromatic N) is 1. The van der Waals surface area contributed by atoms with Gasteiger partial charge in [0.2, 0.25) is 0 Å². The summed E-state index contributed by atoms with van der Waals surface area (Å²) >= 11 is 0. The summed E-state index contributed by atoms with van der Waals surface area (Å²) in [7, 11) is 1.14. The summed E-state index contributed by atoms with van der Waals surface area (Å²) < 4.78 is 33.8. The van der Waals surface area contributed by atoms with Gasteiger partial charge in [0.25, 0.3) is 7.82 Å². The van der Waals surface area contributed by atoms with E-state index in [9.17, 15) is 19.0 Å². The van der Waals surface area contributed by atoms with E-state index in [1.54, 1.807) is 0 Å². The Labute approximate surface area is 312 Å². The van der Waals surface area contributed by atoms with Gasteiger partial charge in [-0.15, -0.1) is 0 Å². The number of phosphoric acid groups is 1. The van der Waals surface area contributed by atoms with Crippen molar-refractivity contribution in [2.75, 3.05) is 47.5 Å². The summed E-state index contributed by atoms with van der Waals surface area (Å²) in [6.45, 7) is 4.04. The lowest BCUT2D eigenvalue weighted by Gasteiger charge is -2.28. The highest BCUT2D eigenvalue weighted by atomic mass is 31.2. The third kappa shape index (κ3) is 37.5. The molecule has 0 bridgehead atoms. The molecule has 9 nitrogen and oxygen atoms in total. The van der Waals surface area contributed by atoms with Gasteiger partial charge in [0.05, 0.1) is 27.7 Å². The van der Waals surface area contributed by atoms with Gasteiger partial charge in [0, 0.05) is 12.8 Å². The molecule has 0 aliphatic carbocycles. The van der Waals surface area contributed by atoms with Crippen molar-refractivity contribution in [2.24, 2.45) is 0 Å². The van der Waals surface area contributed by atoms with Crippen molar-refractivity contribution in [3.63, 3.8) is 0 Å². The van der Waals surface area contributed by atoms with Gasteiger partial charge >= 0.3 is 11.9 Å². The van der Waals surface area contributed by atoms with Crippen LogP contribution in [0.3, 0.4) is 0 Å². The van der Waals surface area contributed by atoms with Crippen molar-refractivity contribution in [3.05, 3.63) is 48.6 Å². The number of allylic oxidation sites excluding steroid dienone is 8. The van der Waals surface area contributed by atoms with Gasteiger partial charge in [0.15, 0.2) is 6.10 Å². The van der Waals surface area contributed by atoms with Crippen LogP contribution in [0.1, 0.15) is 149 Å². The van der Waals surface area contributed by atoms with Crippen LogP contribution in [0.5, 0.6) is 0 Å². The van der Waals surface area contributed by atoms with Crippen molar-refractivity contribution in [2.45, 2.75) is 155 Å². The van der Waals surface area contributed by atoms with Gasteiger partial charge in [-0.25, -0.2) is 0 Å². The van der Waals surface area contributed by atoms with Gasteiger partial charge in [-0.2, -0.15) is 0 Å². The molecule has 0 saturated carbocycles. The summed E-state index contributed by atoms with van der Waals surface area (Å²) in [5.74, 6) is -0.864. The molecule has 0 amide bonds. The highest BCUT2D eigenvalue weighted by Crippen LogP contribution is 2.38. The molecule has 2 atom stereocenters. The maximum Gasteiger partial charge on any atom is 0.306 e. The zero-order valence-electron chi connectivity index (χ0n) is 33.0. The maximum absolute atomic E-state index is 12.6. The highest BCUT2D eigenvalue weighted by molar-refractivity contribution is 7.45. The number of unbranched alkanes of at least 4 members (excludes halogenated alkanes) is 16. The Hall–Kier alpha value is -2.03. The van der Waals surface area contributed by atoms with E-state index < -0.39 is 32.5 Å². The molecule has 0 heterocycles. The Morgan fingerprint density at radius 3 is 1.67 bits per heavy atom. The van der Waals surface area contributed by atoms with E-state index in [4.69, 9.17) is 18.5 Å². The first kappa shape index (κ1) is 49.0. The maximum atomic E-state index is 12.6. The predicted octanol–water partition coefficient (Wildman–Crippen LogP) is 10.1. The first-order valence-corrected chi connectivity index (χ1v) is 21.4. The average Bonchev–Trinajstić information content (AvgIpc) is 3.07. The van der Waals surface area contributed by atoms with Crippen LogP contribution in [0.2, 0.25) is 0 Å². The molecule has 0 saturated heterocycles. The number of carbonyl (C=O) groups excluding carboxylic acids is 2. The van der Waals surface area contributed by atoms with Crippen LogP contribution in [-0.2, 0) is 32.7 Å². The zero-order valence-corrected chi connectivity index (χ0v) is 33.9. The number of ether oxygens (including phenoxy) is 2. The first-order chi connectivity index (χ1) is 24.5. The Balaban J connectivity index is 4.47. The first-order valence-electron chi connectivity index (χ1n) is 19.9. The smallest absolute Gasteiger partial charge is 0.306 e. The van der Waals surface area contributed by atoms with E-state index in [0.29, 0.717) is 17.4 Å². The number of rotatable bonds is 35. The lowest BCUT2D eigenvalue weighted by molar-refractivity contribution is -0.870. The molecule has 51 heavy (non-hydrogen) atoms. The standard InChI is InChI=1S/C41H74NO8P/c1-6-8-10-12-14-16-18-20-21-22-24-26-28-30-32-34-41(44)50-39(38-49-51(45,46)48-36-35-42(3,4)5)37-47-40(43)33-31-29-27-25-23-19-17-15-13-11-9-7-2/h8,10,12,14,16,18,20-21,39H,6-7,9,11,13,15,17,19,22-38H2,1-5H3/b10-8+,14-12+,18-16+,21-20+/t39-/m1/s1. The normalized spacial score (nSPS) is 14.2. The van der Waals surface area contributed by atoms with E-state index >= 15 is 0 Å². The van der Waals surface area contributed by atoms with Gasteiger partial charge in [-0.1, -0.05) is 152 Å². The van der Waals surface area contributed by atoms with Crippen LogP contribution in [0.15, 0.2) is 48.6 Å². The molecule has 0 aliphatic heterocycles. The quantitative estimate of drug-likeness (QED) is 0.0208. The van der Waals surface area contributed by atoms with E-state index in [1.165, 1.54) is 57.8 Å². The molecule has 1 unspecified atom stereocenters. The SMILES string of the molecule is CC/C=C/C=C/C=C/C=C/CCCCCCCC(=O)O[C@H](COC(=O)CCCCCCCCCCCCCC)COP(=O)([O-])OCC[N+](C)(C)C. The van der Waals surface area contributed by atoms with Crippen LogP contribution in [0.4, 0.5) is 0 Å². The zero-order chi connectivity index (χ0) is 37.9. The third-order valence-corrected chi connectivity index (χ3v) is 9.17. The van der Waals surface area contributed by atoms with Crippen molar-refractivity contribution >= 4 is 19.8 Å². The molecule has 0 rings (SSSR count). The van der Waals surface area contributed by atoms with E-state index in [-0.39, 0.29) is 26.1 Å². The molecule has 0 fully saturated rings. The summed E-state index contributed by atoms with van der Waals surface area (Å²) in [5.41, 5.74) is 0. The molecule has 0 radical (unpaired) electrons. The predicted molar refractivity (Wildman–Crippen MR) is 208 cm³/mol. The number of carbonyl (C=O) groups is 2. The van der Waals surface area contributed by atoms with Crippen molar-refractivity contribution < 1.29 is 42.1 Å². The fourth-order valence-electron chi connectivity index (χ4n) is 5.08. The molecule has 0 aromatic rings. The number of hydrogen-bond acceptors (Lipinski definition) is 8. The Kier molecular flexibility index (Phi) is 32.4. The second kappa shape index (κ2) is 33.8. The molecule has 10 heteroatoms. The van der Waals surface area contributed by atoms with E-state index in [2.05, 4.69) is 32.1 Å². The minimum atomic E-state index is -4.63. The topological polar surface area (TPSA) is 111 Å². The minimum absolute atomic E-state index is 0.0368. The number of hydrogen-bond donors (Lipinski definition) is 0. The molecular weight excluding hydrogens is 665 g/mol. The summed E-state index contributed by atoms with van der Waals surface area (Å²) in [5, 5.41) is 0. The second-order valence-electron chi connectivity index (χ2n) is 14.4. The largest absolute Gasteiger partial charge is 0.756 e. The van der Waals surface area contributed by atoms with E-state index in [1.807, 2.05) is 51.5 Å². The van der Waals surface area contributed by atoms with Gasteiger partial charge in [0.1, 0.15) is 19.8 Å². The van der Waals surface area contributed by atoms with Crippen LogP contribution < -0.4 is 4.89 Å². The van der Waals surface area contributed by atoms with Gasteiger partial charge in [-0.3, -0.25) is 14.2 Å². The van der Waals surface area contributed by atoms with Crippen LogP contribution in [-0.4, -0.2) is 70.0 Å². The number of phosphoric ester groups is 1. The molecule has 0 aliphatic rings. The highest BCUT2D eigenvalue weighted by Gasteiger charge is 2.21. The van der Waals surface area contributed by atoms with Gasteiger partial charge < -0.3 is 27.9 Å². The Morgan fingerprint density at radius 2 is 1.12 bits per heavy atom. The summed E-state index contributed by atoms with van der Waals surface area (Å²) in [6, 6.07) is 0. The molecule has 296 valence electrons. The van der Waals surface area contributed by atoms with Crippen LogP contribution in [0, 0.1) is 0 Å². The van der Waals surface area contributed by atoms with Crippen molar-refractivity contribution in [3.8, 4) is 0 Å². The minimum Gasteiger partial charge on any atom is -0.756 e. The Bertz CT molecular complexity index is 1020. The lowest BCUT2D eigenvalue weighted by atomic mass is 10.0. The lowest BCUT2D eigenvalue weighted by Crippen LogP contribution is -2.37. The molecule has 0 N–H and O–H groups in total. The summed E-state index contributed by atoms with van der Waals surface area (Å²) in [4.78, 5) is 37.4.